The first-order chi connectivity index (χ1) is 3.37. The van der Waals surface area contributed by atoms with Gasteiger partial charge in [0.05, 0.1) is 0 Å². The number of fused-ring (bicyclic) bond motifs is 1. The van der Waals surface area contributed by atoms with Gasteiger partial charge in [-0.2, -0.15) is 0 Å². The fraction of sp³-hybridized carbons (Fsp3) is 1.00. The van der Waals surface area contributed by atoms with Crippen molar-refractivity contribution in [3.05, 3.63) is 0 Å². The van der Waals surface area contributed by atoms with Gasteiger partial charge >= 0.3 is 0 Å². The predicted molar refractivity (Wildman–Crippen MR) is 28.8 cm³/mol. The molecule has 0 amide bonds. The standard InChI is InChI=1S/C6H11N/c7-2-1-6-3-5(6)4-6/h5H,1-4,7H2. The molecule has 0 atom stereocenters. The second-order valence-corrected chi connectivity index (χ2v) is 3.01. The molecule has 40 valence electrons. The third kappa shape index (κ3) is 0.367. The smallest absolute Gasteiger partial charge is 0.00719 e. The number of hydrogen-bond donors (Lipinski definition) is 1. The summed E-state index contributed by atoms with van der Waals surface area (Å²) in [5.41, 5.74) is 6.22. The zero-order valence-corrected chi connectivity index (χ0v) is 4.48. The van der Waals surface area contributed by atoms with Gasteiger partial charge in [0.1, 0.15) is 0 Å². The van der Waals surface area contributed by atoms with E-state index in [2.05, 4.69) is 0 Å². The molecule has 0 aliphatic heterocycles. The second kappa shape index (κ2) is 0.873. The summed E-state index contributed by atoms with van der Waals surface area (Å²) in [6.07, 6.45) is 4.31. The summed E-state index contributed by atoms with van der Waals surface area (Å²) in [5.74, 6) is 1.14. The lowest BCUT2D eigenvalue weighted by Crippen LogP contribution is -2.01. The van der Waals surface area contributed by atoms with Crippen molar-refractivity contribution in [2.75, 3.05) is 6.54 Å². The summed E-state index contributed by atoms with van der Waals surface area (Å²) >= 11 is 0. The maximum atomic E-state index is 5.38. The molecule has 1 nitrogen and oxygen atoms in total. The highest BCUT2D eigenvalue weighted by Gasteiger charge is 2.68. The van der Waals surface area contributed by atoms with Crippen molar-refractivity contribution in [3.8, 4) is 0 Å². The van der Waals surface area contributed by atoms with E-state index in [-0.39, 0.29) is 0 Å². The molecule has 2 N–H and O–H groups in total. The Hall–Kier alpha value is -0.0400. The lowest BCUT2D eigenvalue weighted by molar-refractivity contribution is 0.595. The molecular weight excluding hydrogens is 86.1 g/mol. The van der Waals surface area contributed by atoms with Crippen LogP contribution in [0.4, 0.5) is 0 Å². The van der Waals surface area contributed by atoms with Crippen LogP contribution in [0.5, 0.6) is 0 Å². The van der Waals surface area contributed by atoms with Gasteiger partial charge in [-0.3, -0.25) is 0 Å². The molecule has 0 spiro atoms. The summed E-state index contributed by atoms with van der Waals surface area (Å²) in [4.78, 5) is 0. The Kier molecular flexibility index (Phi) is 0.487. The monoisotopic (exact) mass is 97.1 g/mol. The van der Waals surface area contributed by atoms with Crippen molar-refractivity contribution < 1.29 is 0 Å². The van der Waals surface area contributed by atoms with Gasteiger partial charge in [0.25, 0.3) is 0 Å². The van der Waals surface area contributed by atoms with E-state index >= 15 is 0 Å². The van der Waals surface area contributed by atoms with Crippen LogP contribution in [0.2, 0.25) is 0 Å². The quantitative estimate of drug-likeness (QED) is 0.540. The molecule has 2 rings (SSSR count). The fourth-order valence-corrected chi connectivity index (χ4v) is 1.50. The minimum absolute atomic E-state index is 0.842. The van der Waals surface area contributed by atoms with E-state index in [0.717, 1.165) is 17.9 Å². The molecule has 1 heteroatoms. The van der Waals surface area contributed by atoms with Gasteiger partial charge in [-0.05, 0) is 37.1 Å². The summed E-state index contributed by atoms with van der Waals surface area (Å²) in [7, 11) is 0. The van der Waals surface area contributed by atoms with E-state index in [0.29, 0.717) is 0 Å². The van der Waals surface area contributed by atoms with Gasteiger partial charge in [0.15, 0.2) is 0 Å². The van der Waals surface area contributed by atoms with E-state index in [4.69, 9.17) is 5.73 Å². The minimum Gasteiger partial charge on any atom is -0.330 e. The van der Waals surface area contributed by atoms with Gasteiger partial charge in [0, 0.05) is 0 Å². The predicted octanol–water partition coefficient (Wildman–Crippen LogP) is 0.745. The molecule has 0 aromatic rings. The van der Waals surface area contributed by atoms with Crippen molar-refractivity contribution in [3.63, 3.8) is 0 Å². The molecule has 0 aromatic heterocycles. The summed E-state index contributed by atoms with van der Waals surface area (Å²) in [6, 6.07) is 0. The Morgan fingerprint density at radius 2 is 2.14 bits per heavy atom. The van der Waals surface area contributed by atoms with Crippen molar-refractivity contribution in [1.29, 1.82) is 0 Å². The van der Waals surface area contributed by atoms with Gasteiger partial charge in [-0.1, -0.05) is 0 Å². The van der Waals surface area contributed by atoms with E-state index in [1.807, 2.05) is 0 Å². The largest absolute Gasteiger partial charge is 0.330 e. The molecule has 2 aliphatic rings. The average Bonchev–Trinajstić information content (AvgIpc) is 2.22. The number of nitrogens with two attached hydrogens (primary N) is 1. The van der Waals surface area contributed by atoms with E-state index in [1.54, 1.807) is 0 Å². The number of rotatable bonds is 2. The van der Waals surface area contributed by atoms with Crippen LogP contribution in [-0.4, -0.2) is 6.54 Å². The molecule has 0 unspecified atom stereocenters. The topological polar surface area (TPSA) is 26.0 Å². The van der Waals surface area contributed by atoms with Crippen LogP contribution < -0.4 is 5.73 Å². The molecule has 0 heterocycles. The van der Waals surface area contributed by atoms with Gasteiger partial charge in [-0.25, -0.2) is 0 Å². The van der Waals surface area contributed by atoms with Crippen LogP contribution in [0.3, 0.4) is 0 Å². The van der Waals surface area contributed by atoms with Crippen LogP contribution in [0.15, 0.2) is 0 Å². The Labute approximate surface area is 43.9 Å². The van der Waals surface area contributed by atoms with Crippen LogP contribution in [-0.2, 0) is 0 Å². The minimum atomic E-state index is 0.842. The highest BCUT2D eigenvalue weighted by atomic mass is 14.7. The van der Waals surface area contributed by atoms with E-state index in [1.165, 1.54) is 19.3 Å². The molecule has 0 bridgehead atoms. The van der Waals surface area contributed by atoms with Crippen molar-refractivity contribution >= 4 is 0 Å². The van der Waals surface area contributed by atoms with Crippen LogP contribution >= 0.6 is 0 Å². The highest BCUT2D eigenvalue weighted by Crippen LogP contribution is 2.76. The molecule has 0 aromatic carbocycles. The fourth-order valence-electron chi connectivity index (χ4n) is 1.50. The van der Waals surface area contributed by atoms with E-state index in [9.17, 15) is 0 Å². The first-order valence-corrected chi connectivity index (χ1v) is 3.07. The first kappa shape index (κ1) is 3.90. The molecular formula is C6H11N. The Morgan fingerprint density at radius 3 is 2.29 bits per heavy atom. The van der Waals surface area contributed by atoms with Crippen molar-refractivity contribution in [1.82, 2.24) is 0 Å². The molecule has 2 fully saturated rings. The molecule has 2 saturated carbocycles. The zero-order chi connectivity index (χ0) is 4.91. The summed E-state index contributed by atoms with van der Waals surface area (Å²) in [6.45, 7) is 0.913. The third-order valence-electron chi connectivity index (χ3n) is 2.49. The second-order valence-electron chi connectivity index (χ2n) is 3.01. The molecule has 7 heavy (non-hydrogen) atoms. The van der Waals surface area contributed by atoms with Crippen LogP contribution in [0.25, 0.3) is 0 Å². The third-order valence-corrected chi connectivity index (χ3v) is 2.49. The van der Waals surface area contributed by atoms with E-state index < -0.39 is 0 Å². The Morgan fingerprint density at radius 1 is 1.57 bits per heavy atom. The maximum Gasteiger partial charge on any atom is -0.00719 e. The normalized spacial score (nSPS) is 53.6. The van der Waals surface area contributed by atoms with Gasteiger partial charge in [-0.15, -0.1) is 0 Å². The highest BCUT2D eigenvalue weighted by molar-refractivity contribution is 5.18. The van der Waals surface area contributed by atoms with Gasteiger partial charge in [0.2, 0.25) is 0 Å². The molecule has 2 aliphatic carbocycles. The lowest BCUT2D eigenvalue weighted by atomic mass is 10.1. The lowest BCUT2D eigenvalue weighted by Gasteiger charge is -1.95. The maximum absolute atomic E-state index is 5.38. The Balaban J connectivity index is 1.87. The molecule has 0 radical (unpaired) electrons. The van der Waals surface area contributed by atoms with Crippen molar-refractivity contribution in [2.24, 2.45) is 17.1 Å². The van der Waals surface area contributed by atoms with Gasteiger partial charge < -0.3 is 5.73 Å². The average molecular weight is 97.2 g/mol. The SMILES string of the molecule is NCCC12CC1C2. The van der Waals surface area contributed by atoms with Crippen molar-refractivity contribution in [2.45, 2.75) is 19.3 Å². The first-order valence-electron chi connectivity index (χ1n) is 3.07. The Bertz CT molecular complexity index is 92.4. The summed E-state index contributed by atoms with van der Waals surface area (Å²) < 4.78 is 0. The zero-order valence-electron chi connectivity index (χ0n) is 4.48. The summed E-state index contributed by atoms with van der Waals surface area (Å²) in [5, 5.41) is 0. The number of hydrogen-bond acceptors (Lipinski definition) is 1. The van der Waals surface area contributed by atoms with Crippen LogP contribution in [0, 0.1) is 11.3 Å². The molecule has 0 saturated heterocycles. The van der Waals surface area contributed by atoms with Crippen LogP contribution in [0.1, 0.15) is 19.3 Å².